The summed E-state index contributed by atoms with van der Waals surface area (Å²) in [6.45, 7) is 1.91. The second-order valence-electron chi connectivity index (χ2n) is 4.73. The highest BCUT2D eigenvalue weighted by Crippen LogP contribution is 2.17. The van der Waals surface area contributed by atoms with Crippen molar-refractivity contribution in [3.8, 4) is 0 Å². The van der Waals surface area contributed by atoms with Crippen LogP contribution < -0.4 is 5.73 Å². The SMILES string of the molecule is NCCc1c(C(=O)O)nnn1CCCC1CCCO1. The predicted octanol–water partition coefficient (Wildman–Crippen LogP) is 0.437. The van der Waals surface area contributed by atoms with Gasteiger partial charge < -0.3 is 15.6 Å². The molecule has 1 fully saturated rings. The number of carboxylic acids is 1. The summed E-state index contributed by atoms with van der Waals surface area (Å²) in [6.07, 6.45) is 4.97. The Morgan fingerprint density at radius 1 is 1.58 bits per heavy atom. The average molecular weight is 268 g/mol. The van der Waals surface area contributed by atoms with Crippen LogP contribution in [-0.4, -0.2) is 45.3 Å². The molecule has 1 aliphatic heterocycles. The van der Waals surface area contributed by atoms with Gasteiger partial charge in [0.15, 0.2) is 5.69 Å². The number of carboxylic acid groups (broad SMARTS) is 1. The summed E-state index contributed by atoms with van der Waals surface area (Å²) in [7, 11) is 0. The lowest BCUT2D eigenvalue weighted by Gasteiger charge is -2.10. The van der Waals surface area contributed by atoms with E-state index in [9.17, 15) is 4.79 Å². The average Bonchev–Trinajstić information content (AvgIpc) is 3.00. The Balaban J connectivity index is 1.92. The molecule has 0 bridgehead atoms. The molecule has 7 heteroatoms. The van der Waals surface area contributed by atoms with E-state index < -0.39 is 5.97 Å². The van der Waals surface area contributed by atoms with E-state index in [1.54, 1.807) is 4.68 Å². The summed E-state index contributed by atoms with van der Waals surface area (Å²) in [5.74, 6) is -1.05. The van der Waals surface area contributed by atoms with E-state index >= 15 is 0 Å². The zero-order valence-corrected chi connectivity index (χ0v) is 10.9. The smallest absolute Gasteiger partial charge is 0.358 e. The van der Waals surface area contributed by atoms with E-state index in [4.69, 9.17) is 15.6 Å². The van der Waals surface area contributed by atoms with Gasteiger partial charge in [0.25, 0.3) is 0 Å². The molecule has 1 saturated heterocycles. The molecule has 0 aromatic carbocycles. The first-order chi connectivity index (χ1) is 9.22. The fourth-order valence-corrected chi connectivity index (χ4v) is 2.40. The van der Waals surface area contributed by atoms with Gasteiger partial charge in [0.2, 0.25) is 0 Å². The Morgan fingerprint density at radius 2 is 2.42 bits per heavy atom. The summed E-state index contributed by atoms with van der Waals surface area (Å²) in [6, 6.07) is 0. The first-order valence-corrected chi connectivity index (χ1v) is 6.69. The van der Waals surface area contributed by atoms with Crippen molar-refractivity contribution in [2.45, 2.75) is 44.8 Å². The molecule has 0 spiro atoms. The molecule has 1 aromatic rings. The molecule has 1 aromatic heterocycles. The van der Waals surface area contributed by atoms with E-state index in [2.05, 4.69) is 10.3 Å². The Hall–Kier alpha value is -1.47. The highest BCUT2D eigenvalue weighted by atomic mass is 16.5. The lowest BCUT2D eigenvalue weighted by molar-refractivity contribution is 0.0689. The van der Waals surface area contributed by atoms with Crippen molar-refractivity contribution in [2.24, 2.45) is 5.73 Å². The number of nitrogens with two attached hydrogens (primary N) is 1. The van der Waals surface area contributed by atoms with Crippen LogP contribution in [0.3, 0.4) is 0 Å². The van der Waals surface area contributed by atoms with Gasteiger partial charge in [0, 0.05) is 19.6 Å². The quantitative estimate of drug-likeness (QED) is 0.743. The molecule has 7 nitrogen and oxygen atoms in total. The van der Waals surface area contributed by atoms with Crippen LogP contribution in [0.5, 0.6) is 0 Å². The third-order valence-corrected chi connectivity index (χ3v) is 3.34. The van der Waals surface area contributed by atoms with Crippen LogP contribution in [0.4, 0.5) is 0 Å². The molecule has 1 unspecified atom stereocenters. The molecule has 0 radical (unpaired) electrons. The second kappa shape index (κ2) is 6.63. The Bertz CT molecular complexity index is 427. The fourth-order valence-electron chi connectivity index (χ4n) is 2.40. The van der Waals surface area contributed by atoms with Crippen LogP contribution >= 0.6 is 0 Å². The third kappa shape index (κ3) is 3.51. The maximum absolute atomic E-state index is 11.0. The van der Waals surface area contributed by atoms with Crippen molar-refractivity contribution in [2.75, 3.05) is 13.2 Å². The zero-order chi connectivity index (χ0) is 13.7. The number of hydrogen-bond acceptors (Lipinski definition) is 5. The van der Waals surface area contributed by atoms with E-state index in [1.807, 2.05) is 0 Å². The minimum absolute atomic E-state index is 0.0163. The zero-order valence-electron chi connectivity index (χ0n) is 10.9. The summed E-state index contributed by atoms with van der Waals surface area (Å²) < 4.78 is 7.21. The Labute approximate surface area is 111 Å². The van der Waals surface area contributed by atoms with Gasteiger partial charge in [-0.2, -0.15) is 0 Å². The standard InChI is InChI=1S/C12H20N4O3/c13-6-5-10-11(12(17)18)14-15-16(10)7-1-3-9-4-2-8-19-9/h9H,1-8,13H2,(H,17,18). The van der Waals surface area contributed by atoms with E-state index in [-0.39, 0.29) is 5.69 Å². The molecule has 3 N–H and O–H groups in total. The monoisotopic (exact) mass is 268 g/mol. The Kier molecular flexibility index (Phi) is 4.86. The van der Waals surface area contributed by atoms with Crippen molar-refractivity contribution in [1.82, 2.24) is 15.0 Å². The number of aryl methyl sites for hydroxylation is 1. The molecule has 0 saturated carbocycles. The second-order valence-corrected chi connectivity index (χ2v) is 4.73. The first kappa shape index (κ1) is 14.0. The van der Waals surface area contributed by atoms with Crippen molar-refractivity contribution in [3.05, 3.63) is 11.4 Å². The van der Waals surface area contributed by atoms with Gasteiger partial charge in [0.05, 0.1) is 11.8 Å². The van der Waals surface area contributed by atoms with Crippen molar-refractivity contribution >= 4 is 5.97 Å². The minimum Gasteiger partial charge on any atom is -0.476 e. The molecule has 106 valence electrons. The minimum atomic E-state index is -1.05. The predicted molar refractivity (Wildman–Crippen MR) is 67.9 cm³/mol. The van der Waals surface area contributed by atoms with Crippen LogP contribution in [-0.2, 0) is 17.7 Å². The van der Waals surface area contributed by atoms with E-state index in [0.717, 1.165) is 32.3 Å². The van der Waals surface area contributed by atoms with Crippen molar-refractivity contribution < 1.29 is 14.6 Å². The molecule has 2 heterocycles. The summed E-state index contributed by atoms with van der Waals surface area (Å²) in [4.78, 5) is 11.0. The van der Waals surface area contributed by atoms with Gasteiger partial charge >= 0.3 is 5.97 Å². The number of ether oxygens (including phenoxy) is 1. The van der Waals surface area contributed by atoms with Crippen molar-refractivity contribution in [3.63, 3.8) is 0 Å². The van der Waals surface area contributed by atoms with Gasteiger partial charge in [-0.25, -0.2) is 9.48 Å². The summed E-state index contributed by atoms with van der Waals surface area (Å²) in [5.41, 5.74) is 6.13. The van der Waals surface area contributed by atoms with Crippen LogP contribution in [0, 0.1) is 0 Å². The topological polar surface area (TPSA) is 103 Å². The molecule has 19 heavy (non-hydrogen) atoms. The van der Waals surface area contributed by atoms with Gasteiger partial charge in [0.1, 0.15) is 0 Å². The molecular formula is C12H20N4O3. The maximum atomic E-state index is 11.0. The largest absolute Gasteiger partial charge is 0.476 e. The summed E-state index contributed by atoms with van der Waals surface area (Å²) in [5, 5.41) is 16.6. The number of rotatable bonds is 7. The number of aromatic nitrogens is 3. The molecule has 2 rings (SSSR count). The van der Waals surface area contributed by atoms with Crippen LogP contribution in [0.1, 0.15) is 41.9 Å². The molecule has 0 aliphatic carbocycles. The third-order valence-electron chi connectivity index (χ3n) is 3.34. The first-order valence-electron chi connectivity index (χ1n) is 6.69. The van der Waals surface area contributed by atoms with Gasteiger partial charge in [-0.3, -0.25) is 0 Å². The molecule has 1 aliphatic rings. The van der Waals surface area contributed by atoms with Crippen molar-refractivity contribution in [1.29, 1.82) is 0 Å². The molecular weight excluding hydrogens is 248 g/mol. The van der Waals surface area contributed by atoms with Crippen LogP contribution in [0.25, 0.3) is 0 Å². The van der Waals surface area contributed by atoms with Gasteiger partial charge in [-0.1, -0.05) is 5.21 Å². The van der Waals surface area contributed by atoms with Gasteiger partial charge in [-0.05, 0) is 32.2 Å². The Morgan fingerprint density at radius 3 is 3.05 bits per heavy atom. The number of aromatic carboxylic acids is 1. The van der Waals surface area contributed by atoms with Crippen LogP contribution in [0.2, 0.25) is 0 Å². The van der Waals surface area contributed by atoms with E-state index in [1.165, 1.54) is 0 Å². The number of hydrogen-bond donors (Lipinski definition) is 2. The normalized spacial score (nSPS) is 18.9. The van der Waals surface area contributed by atoms with Crippen LogP contribution in [0.15, 0.2) is 0 Å². The summed E-state index contributed by atoms with van der Waals surface area (Å²) >= 11 is 0. The number of nitrogens with zero attached hydrogens (tertiary/aromatic N) is 3. The number of carbonyl (C=O) groups is 1. The fraction of sp³-hybridized carbons (Fsp3) is 0.750. The molecule has 1 atom stereocenters. The lowest BCUT2D eigenvalue weighted by atomic mass is 10.1. The lowest BCUT2D eigenvalue weighted by Crippen LogP contribution is -2.14. The molecule has 0 amide bonds. The highest BCUT2D eigenvalue weighted by molar-refractivity contribution is 5.86. The highest BCUT2D eigenvalue weighted by Gasteiger charge is 2.19. The van der Waals surface area contributed by atoms with Gasteiger partial charge in [-0.15, -0.1) is 5.10 Å². The van der Waals surface area contributed by atoms with E-state index in [0.29, 0.717) is 31.3 Å². The maximum Gasteiger partial charge on any atom is 0.358 e.